The van der Waals surface area contributed by atoms with Crippen LogP contribution in [0.2, 0.25) is 0 Å². The fourth-order valence-corrected chi connectivity index (χ4v) is 5.24. The number of urea groups is 1. The van der Waals surface area contributed by atoms with Crippen LogP contribution in [0.4, 0.5) is 19.3 Å². The second kappa shape index (κ2) is 6.78. The van der Waals surface area contributed by atoms with Crippen molar-refractivity contribution in [3.63, 3.8) is 0 Å². The smallest absolute Gasteiger partial charge is 0.322 e. The highest BCUT2D eigenvalue weighted by atomic mass is 32.2. The van der Waals surface area contributed by atoms with Gasteiger partial charge in [-0.3, -0.25) is 4.68 Å². The van der Waals surface area contributed by atoms with E-state index in [-0.39, 0.29) is 37.7 Å². The van der Waals surface area contributed by atoms with Gasteiger partial charge in [0.1, 0.15) is 23.5 Å². The average molecular weight is 413 g/mol. The topological polar surface area (TPSA) is 106 Å². The van der Waals surface area contributed by atoms with E-state index in [2.05, 4.69) is 15.4 Å². The van der Waals surface area contributed by atoms with Crippen LogP contribution in [-0.2, 0) is 21.1 Å². The van der Waals surface area contributed by atoms with E-state index >= 15 is 0 Å². The Labute approximate surface area is 159 Å². The molecule has 1 aromatic heterocycles. The summed E-state index contributed by atoms with van der Waals surface area (Å²) in [7, 11) is -3.45. The van der Waals surface area contributed by atoms with E-state index in [1.165, 1.54) is 28.3 Å². The zero-order valence-electron chi connectivity index (χ0n) is 14.6. The van der Waals surface area contributed by atoms with Crippen LogP contribution in [0.15, 0.2) is 30.9 Å². The number of carbonyl (C=O) groups excluding carboxylic acids is 1. The molecule has 2 amide bonds. The van der Waals surface area contributed by atoms with Crippen molar-refractivity contribution in [2.75, 3.05) is 30.8 Å². The zero-order valence-corrected chi connectivity index (χ0v) is 15.4. The van der Waals surface area contributed by atoms with Crippen molar-refractivity contribution in [3.05, 3.63) is 42.5 Å². The summed E-state index contributed by atoms with van der Waals surface area (Å²) in [5, 5.41) is 5.63. The maximum absolute atomic E-state index is 13.2. The second-order valence-electron chi connectivity index (χ2n) is 6.96. The molecule has 0 bridgehead atoms. The summed E-state index contributed by atoms with van der Waals surface area (Å²) in [6.45, 7) is 0.342. The number of ether oxygens (including phenoxy) is 1. The molecular formula is C16H17F2N5O4S. The molecular weight excluding hydrogens is 396 g/mol. The van der Waals surface area contributed by atoms with Gasteiger partial charge in [-0.25, -0.2) is 27.0 Å². The van der Waals surface area contributed by atoms with Crippen molar-refractivity contribution in [1.29, 1.82) is 0 Å². The summed E-state index contributed by atoms with van der Waals surface area (Å²) >= 11 is 0. The first-order valence-corrected chi connectivity index (χ1v) is 10.2. The molecule has 4 rings (SSSR count). The van der Waals surface area contributed by atoms with Crippen LogP contribution in [0.3, 0.4) is 0 Å². The predicted octanol–water partition coefficient (Wildman–Crippen LogP) is 0.656. The van der Waals surface area contributed by atoms with Crippen LogP contribution in [0.5, 0.6) is 0 Å². The number of benzene rings is 1. The lowest BCUT2D eigenvalue weighted by Gasteiger charge is -2.51. The van der Waals surface area contributed by atoms with Gasteiger partial charge in [0.25, 0.3) is 0 Å². The van der Waals surface area contributed by atoms with E-state index in [9.17, 15) is 22.0 Å². The molecule has 2 fully saturated rings. The molecule has 2 aromatic rings. The van der Waals surface area contributed by atoms with E-state index in [4.69, 9.17) is 4.74 Å². The fraction of sp³-hybridized carbons (Fsp3) is 0.438. The van der Waals surface area contributed by atoms with Gasteiger partial charge in [-0.05, 0) is 12.1 Å². The number of likely N-dealkylation sites (tertiary alicyclic amines) is 1. The van der Waals surface area contributed by atoms with Crippen molar-refractivity contribution in [1.82, 2.24) is 19.7 Å². The number of nitrogens with zero attached hydrogens (tertiary/aromatic N) is 4. The third kappa shape index (κ3) is 3.56. The Morgan fingerprint density at radius 2 is 2.11 bits per heavy atom. The van der Waals surface area contributed by atoms with Crippen LogP contribution in [0, 0.1) is 11.6 Å². The standard InChI is InChI=1S/C16H17F2N5O4S/c17-13-2-1-11(3-14(13)18)21-15(24)22-6-16(7-22)8-28(25,26)12(5-27-16)4-23-10-19-9-20-23/h1-3,9-10,12H,4-8H2,(H,21,24)/t12-/m0/s1. The first kappa shape index (κ1) is 18.7. The lowest BCUT2D eigenvalue weighted by molar-refractivity contribution is -0.117. The summed E-state index contributed by atoms with van der Waals surface area (Å²) in [4.78, 5) is 17.4. The highest BCUT2D eigenvalue weighted by Gasteiger charge is 2.54. The van der Waals surface area contributed by atoms with Crippen molar-refractivity contribution in [2.45, 2.75) is 17.4 Å². The summed E-state index contributed by atoms with van der Waals surface area (Å²) in [6.07, 6.45) is 2.76. The van der Waals surface area contributed by atoms with Crippen molar-refractivity contribution in [3.8, 4) is 0 Å². The molecule has 0 saturated carbocycles. The molecule has 1 aromatic carbocycles. The third-order valence-electron chi connectivity index (χ3n) is 4.82. The van der Waals surface area contributed by atoms with E-state index < -0.39 is 38.4 Å². The van der Waals surface area contributed by atoms with Gasteiger partial charge in [0.05, 0.1) is 32.0 Å². The molecule has 2 aliphatic heterocycles. The average Bonchev–Trinajstić information content (AvgIpc) is 3.11. The Bertz CT molecular complexity index is 992. The molecule has 3 heterocycles. The summed E-state index contributed by atoms with van der Waals surface area (Å²) in [5.74, 6) is -2.28. The minimum atomic E-state index is -3.45. The maximum Gasteiger partial charge on any atom is 0.322 e. The van der Waals surface area contributed by atoms with E-state index in [0.29, 0.717) is 0 Å². The summed E-state index contributed by atoms with van der Waals surface area (Å²) in [5.41, 5.74) is -0.835. The SMILES string of the molecule is O=C(Nc1ccc(F)c(F)c1)N1CC2(C1)CS(=O)(=O)[C@@H](Cn1cncn1)CO2. The molecule has 1 atom stereocenters. The van der Waals surface area contributed by atoms with Gasteiger partial charge in [-0.15, -0.1) is 0 Å². The molecule has 1 N–H and O–H groups in total. The predicted molar refractivity (Wildman–Crippen MR) is 93.2 cm³/mol. The van der Waals surface area contributed by atoms with Gasteiger partial charge in [0, 0.05) is 11.8 Å². The Morgan fingerprint density at radius 1 is 1.32 bits per heavy atom. The molecule has 150 valence electrons. The number of nitrogens with one attached hydrogen (secondary N) is 1. The molecule has 0 aliphatic carbocycles. The Morgan fingerprint density at radius 3 is 2.75 bits per heavy atom. The van der Waals surface area contributed by atoms with E-state index in [1.807, 2.05) is 0 Å². The lowest BCUT2D eigenvalue weighted by atomic mass is 9.96. The quantitative estimate of drug-likeness (QED) is 0.792. The number of carbonyl (C=O) groups is 1. The highest BCUT2D eigenvalue weighted by Crippen LogP contribution is 2.33. The number of hydrogen-bond acceptors (Lipinski definition) is 6. The molecule has 0 radical (unpaired) electrons. The summed E-state index contributed by atoms with van der Waals surface area (Å²) in [6, 6.07) is 2.48. The van der Waals surface area contributed by atoms with Crippen molar-refractivity contribution < 1.29 is 26.7 Å². The van der Waals surface area contributed by atoms with Crippen LogP contribution in [-0.4, -0.2) is 70.4 Å². The van der Waals surface area contributed by atoms with Gasteiger partial charge >= 0.3 is 6.03 Å². The van der Waals surface area contributed by atoms with E-state index in [0.717, 1.165) is 12.1 Å². The number of halogens is 2. The summed E-state index contributed by atoms with van der Waals surface area (Å²) < 4.78 is 58.6. The normalized spacial score (nSPS) is 22.6. The monoisotopic (exact) mass is 413 g/mol. The maximum atomic E-state index is 13.2. The van der Waals surface area contributed by atoms with Gasteiger partial charge in [-0.2, -0.15) is 5.10 Å². The van der Waals surface area contributed by atoms with Gasteiger partial charge in [0.2, 0.25) is 0 Å². The van der Waals surface area contributed by atoms with Crippen LogP contribution < -0.4 is 5.32 Å². The number of sulfone groups is 1. The Hall–Kier alpha value is -2.60. The molecule has 0 unspecified atom stereocenters. The number of rotatable bonds is 3. The highest BCUT2D eigenvalue weighted by molar-refractivity contribution is 7.92. The number of aromatic nitrogens is 3. The molecule has 1 spiro atoms. The van der Waals surface area contributed by atoms with Crippen molar-refractivity contribution in [2.24, 2.45) is 0 Å². The molecule has 2 saturated heterocycles. The first-order chi connectivity index (χ1) is 13.3. The largest absolute Gasteiger partial charge is 0.369 e. The second-order valence-corrected chi connectivity index (χ2v) is 9.24. The van der Waals surface area contributed by atoms with Crippen molar-refractivity contribution >= 4 is 21.6 Å². The zero-order chi connectivity index (χ0) is 19.9. The first-order valence-electron chi connectivity index (χ1n) is 8.45. The van der Waals surface area contributed by atoms with E-state index in [1.54, 1.807) is 0 Å². The lowest BCUT2D eigenvalue weighted by Crippen LogP contribution is -2.71. The fourth-order valence-electron chi connectivity index (χ4n) is 3.35. The Kier molecular flexibility index (Phi) is 4.54. The molecule has 9 nitrogen and oxygen atoms in total. The van der Waals surface area contributed by atoms with Gasteiger partial charge in [0.15, 0.2) is 21.5 Å². The van der Waals surface area contributed by atoms with Gasteiger partial charge < -0.3 is 15.0 Å². The molecule has 12 heteroatoms. The van der Waals surface area contributed by atoms with Crippen LogP contribution >= 0.6 is 0 Å². The number of hydrogen-bond donors (Lipinski definition) is 1. The Balaban J connectivity index is 1.35. The molecule has 28 heavy (non-hydrogen) atoms. The third-order valence-corrected chi connectivity index (χ3v) is 7.05. The minimum absolute atomic E-state index is 0.000819. The van der Waals surface area contributed by atoms with Crippen LogP contribution in [0.1, 0.15) is 0 Å². The molecule has 2 aliphatic rings. The minimum Gasteiger partial charge on any atom is -0.369 e. The number of anilines is 1. The number of amides is 2. The van der Waals surface area contributed by atoms with Crippen LogP contribution in [0.25, 0.3) is 0 Å². The van der Waals surface area contributed by atoms with Gasteiger partial charge in [-0.1, -0.05) is 0 Å².